The summed E-state index contributed by atoms with van der Waals surface area (Å²) in [7, 11) is -1.87. The summed E-state index contributed by atoms with van der Waals surface area (Å²) < 4.78 is 0. The van der Waals surface area contributed by atoms with Crippen LogP contribution in [-0.4, -0.2) is 22.9 Å². The Morgan fingerprint density at radius 1 is 0.722 bits per heavy atom. The molecule has 110 valence electrons. The van der Waals surface area contributed by atoms with Crippen molar-refractivity contribution in [3.05, 3.63) is 0 Å². The Bertz CT molecular complexity index is 197. The highest BCUT2D eigenvalue weighted by molar-refractivity contribution is 6.77. The first-order chi connectivity index (χ1) is 8.27. The number of unbranched alkanes of at least 4 members (excludes halogenated alkanes) is 4. The Kier molecular flexibility index (Phi) is 9.53. The molecule has 0 aromatic rings. The zero-order chi connectivity index (χ0) is 14.1. The first kappa shape index (κ1) is 18.4. The van der Waals surface area contributed by atoms with E-state index in [1.54, 1.807) is 12.1 Å². The standard InChI is InChI=1S/C15H37NSi2/c1-7-8-11-14-18(5,6)15-12-9-10-13-16-17(2,3)4/h16H,7-15H2,1-6H3. The van der Waals surface area contributed by atoms with E-state index in [4.69, 9.17) is 0 Å². The van der Waals surface area contributed by atoms with Crippen molar-refractivity contribution in [2.75, 3.05) is 6.54 Å². The molecule has 0 amide bonds. The molecule has 18 heavy (non-hydrogen) atoms. The molecule has 0 atom stereocenters. The molecular formula is C15H37NSi2. The largest absolute Gasteiger partial charge is 0.337 e. The van der Waals surface area contributed by atoms with Crippen LogP contribution in [0.4, 0.5) is 0 Å². The average Bonchev–Trinajstić information content (AvgIpc) is 2.22. The first-order valence-corrected chi connectivity index (χ1v) is 14.9. The van der Waals surface area contributed by atoms with Crippen molar-refractivity contribution in [3.8, 4) is 0 Å². The summed E-state index contributed by atoms with van der Waals surface area (Å²) in [5, 5.41) is 0. The van der Waals surface area contributed by atoms with Crippen LogP contribution in [0.15, 0.2) is 0 Å². The molecule has 0 saturated heterocycles. The Balaban J connectivity index is 3.46. The van der Waals surface area contributed by atoms with Gasteiger partial charge in [-0.05, 0) is 13.0 Å². The quantitative estimate of drug-likeness (QED) is 0.392. The third-order valence-electron chi connectivity index (χ3n) is 3.64. The highest BCUT2D eigenvalue weighted by Gasteiger charge is 2.19. The van der Waals surface area contributed by atoms with Crippen LogP contribution in [0, 0.1) is 0 Å². The normalized spacial score (nSPS) is 13.0. The van der Waals surface area contributed by atoms with Crippen molar-refractivity contribution in [2.24, 2.45) is 0 Å². The van der Waals surface area contributed by atoms with Gasteiger partial charge in [-0.3, -0.25) is 0 Å². The molecule has 0 rings (SSSR count). The van der Waals surface area contributed by atoms with Gasteiger partial charge in [0, 0.05) is 8.07 Å². The molecule has 0 aliphatic carbocycles. The van der Waals surface area contributed by atoms with Crippen LogP contribution in [0.25, 0.3) is 0 Å². The van der Waals surface area contributed by atoms with Gasteiger partial charge in [0.05, 0.1) is 0 Å². The smallest absolute Gasteiger partial charge is 0.116 e. The van der Waals surface area contributed by atoms with E-state index < -0.39 is 16.3 Å². The molecule has 1 N–H and O–H groups in total. The van der Waals surface area contributed by atoms with Crippen molar-refractivity contribution < 1.29 is 0 Å². The van der Waals surface area contributed by atoms with Gasteiger partial charge in [-0.2, -0.15) is 0 Å². The monoisotopic (exact) mass is 287 g/mol. The maximum atomic E-state index is 3.71. The zero-order valence-electron chi connectivity index (χ0n) is 13.9. The molecule has 0 heterocycles. The van der Waals surface area contributed by atoms with Crippen molar-refractivity contribution in [1.82, 2.24) is 4.98 Å². The van der Waals surface area contributed by atoms with Gasteiger partial charge in [-0.25, -0.2) is 0 Å². The lowest BCUT2D eigenvalue weighted by Gasteiger charge is -2.22. The molecule has 0 aliphatic rings. The highest BCUT2D eigenvalue weighted by atomic mass is 28.3. The Morgan fingerprint density at radius 2 is 1.28 bits per heavy atom. The van der Waals surface area contributed by atoms with Crippen LogP contribution in [0.3, 0.4) is 0 Å². The average molecular weight is 288 g/mol. The molecule has 1 nitrogen and oxygen atoms in total. The summed E-state index contributed by atoms with van der Waals surface area (Å²) in [6.45, 7) is 15.9. The zero-order valence-corrected chi connectivity index (χ0v) is 15.9. The first-order valence-electron chi connectivity index (χ1n) is 8.02. The van der Waals surface area contributed by atoms with Crippen molar-refractivity contribution in [1.29, 1.82) is 0 Å². The maximum absolute atomic E-state index is 3.71. The minimum Gasteiger partial charge on any atom is -0.337 e. The predicted octanol–water partition coefficient (Wildman–Crippen LogP) is 5.48. The number of hydrogen-bond donors (Lipinski definition) is 1. The predicted molar refractivity (Wildman–Crippen MR) is 91.8 cm³/mol. The van der Waals surface area contributed by atoms with E-state index in [0.29, 0.717) is 0 Å². The van der Waals surface area contributed by atoms with Gasteiger partial charge >= 0.3 is 0 Å². The van der Waals surface area contributed by atoms with Gasteiger partial charge in [0.1, 0.15) is 8.24 Å². The second-order valence-electron chi connectivity index (χ2n) is 7.61. The fraction of sp³-hybridized carbons (Fsp3) is 1.00. The van der Waals surface area contributed by atoms with Crippen molar-refractivity contribution >= 4 is 16.3 Å². The van der Waals surface area contributed by atoms with Gasteiger partial charge in [-0.1, -0.05) is 83.9 Å². The summed E-state index contributed by atoms with van der Waals surface area (Å²) in [5.41, 5.74) is 0. The van der Waals surface area contributed by atoms with Crippen molar-refractivity contribution in [2.45, 2.75) is 90.3 Å². The lowest BCUT2D eigenvalue weighted by molar-refractivity contribution is 0.687. The molecule has 0 spiro atoms. The van der Waals surface area contributed by atoms with E-state index in [-0.39, 0.29) is 0 Å². The fourth-order valence-electron chi connectivity index (χ4n) is 2.35. The lowest BCUT2D eigenvalue weighted by atomic mass is 10.2. The van der Waals surface area contributed by atoms with Crippen LogP contribution in [0.5, 0.6) is 0 Å². The molecule has 0 aromatic heterocycles. The van der Waals surface area contributed by atoms with Crippen LogP contribution in [0.2, 0.25) is 44.8 Å². The third-order valence-corrected chi connectivity index (χ3v) is 8.37. The molecule has 0 aromatic carbocycles. The SMILES string of the molecule is CCCCC[Si](C)(C)CCCCCN[Si](C)(C)C. The van der Waals surface area contributed by atoms with E-state index in [9.17, 15) is 0 Å². The number of rotatable bonds is 11. The van der Waals surface area contributed by atoms with E-state index >= 15 is 0 Å². The van der Waals surface area contributed by atoms with Crippen LogP contribution >= 0.6 is 0 Å². The minimum absolute atomic E-state index is 0.849. The lowest BCUT2D eigenvalue weighted by Crippen LogP contribution is -2.41. The van der Waals surface area contributed by atoms with Crippen molar-refractivity contribution in [3.63, 3.8) is 0 Å². The molecule has 0 aliphatic heterocycles. The fourth-order valence-corrected chi connectivity index (χ4v) is 5.94. The Hall–Kier alpha value is 0.394. The van der Waals surface area contributed by atoms with Gasteiger partial charge in [0.25, 0.3) is 0 Å². The molecule has 0 unspecified atom stereocenters. The molecule has 0 saturated carbocycles. The van der Waals surface area contributed by atoms with Gasteiger partial charge < -0.3 is 4.98 Å². The number of nitrogens with one attached hydrogen (secondary N) is 1. The van der Waals surface area contributed by atoms with Gasteiger partial charge in [0.2, 0.25) is 0 Å². The van der Waals surface area contributed by atoms with Crippen LogP contribution in [0.1, 0.15) is 45.4 Å². The minimum atomic E-state index is -1.02. The molecule has 0 radical (unpaired) electrons. The Labute approximate surface area is 118 Å². The Morgan fingerprint density at radius 3 is 1.78 bits per heavy atom. The van der Waals surface area contributed by atoms with E-state index in [1.807, 2.05) is 0 Å². The van der Waals surface area contributed by atoms with E-state index in [0.717, 1.165) is 0 Å². The second kappa shape index (κ2) is 9.32. The maximum Gasteiger partial charge on any atom is 0.116 e. The van der Waals surface area contributed by atoms with Crippen LogP contribution in [-0.2, 0) is 0 Å². The number of hydrogen-bond acceptors (Lipinski definition) is 1. The topological polar surface area (TPSA) is 12.0 Å². The molecular weight excluding hydrogens is 250 g/mol. The summed E-state index contributed by atoms with van der Waals surface area (Å²) in [6, 6.07) is 3.09. The molecule has 0 fully saturated rings. The summed E-state index contributed by atoms with van der Waals surface area (Å²) >= 11 is 0. The van der Waals surface area contributed by atoms with E-state index in [2.05, 4.69) is 44.6 Å². The second-order valence-corrected chi connectivity index (χ2v) is 17.8. The summed E-state index contributed by atoms with van der Waals surface area (Å²) in [6.07, 6.45) is 8.57. The highest BCUT2D eigenvalue weighted by Crippen LogP contribution is 2.22. The third kappa shape index (κ3) is 12.8. The van der Waals surface area contributed by atoms with Crippen LogP contribution < -0.4 is 4.98 Å². The summed E-state index contributed by atoms with van der Waals surface area (Å²) in [4.78, 5) is 3.71. The van der Waals surface area contributed by atoms with Gasteiger partial charge in [-0.15, -0.1) is 0 Å². The van der Waals surface area contributed by atoms with Gasteiger partial charge in [0.15, 0.2) is 0 Å². The molecule has 0 bridgehead atoms. The summed E-state index contributed by atoms with van der Waals surface area (Å²) in [5.74, 6) is 0. The van der Waals surface area contributed by atoms with E-state index in [1.165, 1.54) is 45.1 Å². The molecule has 3 heteroatoms.